The van der Waals surface area contributed by atoms with Gasteiger partial charge in [-0.1, -0.05) is 39.0 Å². The molecule has 2 heterocycles. The Kier molecular flexibility index (Phi) is 7.99. The van der Waals surface area contributed by atoms with Gasteiger partial charge in [0.15, 0.2) is 0 Å². The van der Waals surface area contributed by atoms with Gasteiger partial charge in [-0.25, -0.2) is 4.68 Å². The summed E-state index contributed by atoms with van der Waals surface area (Å²) in [6, 6.07) is 15.1. The van der Waals surface area contributed by atoms with Crippen molar-refractivity contribution in [3.63, 3.8) is 0 Å². The molecule has 13 heteroatoms. The zero-order chi connectivity index (χ0) is 29.9. The highest BCUT2D eigenvalue weighted by Gasteiger charge is 2.27. The number of nitrogens with one attached hydrogen (secondary N) is 1. The predicted octanol–water partition coefficient (Wildman–Crippen LogP) is 5.17. The highest BCUT2D eigenvalue weighted by molar-refractivity contribution is 6.00. The summed E-state index contributed by atoms with van der Waals surface area (Å²) >= 11 is 0. The molecule has 0 aliphatic heterocycles. The minimum Gasteiger partial charge on any atom is -0.467 e. The zero-order valence-corrected chi connectivity index (χ0v) is 22.9. The van der Waals surface area contributed by atoms with Gasteiger partial charge in [-0.15, -0.1) is 0 Å². The Labute approximate surface area is 234 Å². The highest BCUT2D eigenvalue weighted by Crippen LogP contribution is 2.28. The number of hydrogen-bond donors (Lipinski definition) is 1. The third-order valence-corrected chi connectivity index (χ3v) is 6.21. The predicted molar refractivity (Wildman–Crippen MR) is 149 cm³/mol. The van der Waals surface area contributed by atoms with Crippen LogP contribution in [0.1, 0.15) is 48.1 Å². The van der Waals surface area contributed by atoms with Gasteiger partial charge in [0.1, 0.15) is 18.1 Å². The van der Waals surface area contributed by atoms with Gasteiger partial charge in [0.2, 0.25) is 5.91 Å². The van der Waals surface area contributed by atoms with E-state index >= 15 is 0 Å². The topological polar surface area (TPSA) is 167 Å². The van der Waals surface area contributed by atoms with Gasteiger partial charge in [0.05, 0.1) is 45.7 Å². The summed E-state index contributed by atoms with van der Waals surface area (Å²) in [6.07, 6.45) is 1.39. The Morgan fingerprint density at radius 3 is 2.22 bits per heavy atom. The van der Waals surface area contributed by atoms with Gasteiger partial charge in [-0.2, -0.15) is 5.10 Å². The lowest BCUT2D eigenvalue weighted by Gasteiger charge is -2.21. The van der Waals surface area contributed by atoms with Crippen LogP contribution in [0, 0.1) is 27.2 Å². The lowest BCUT2D eigenvalue weighted by molar-refractivity contribution is -0.394. The Hall–Kier alpha value is -5.33. The summed E-state index contributed by atoms with van der Waals surface area (Å²) in [7, 11) is 0. The molecule has 0 atom stereocenters. The highest BCUT2D eigenvalue weighted by atomic mass is 16.6. The van der Waals surface area contributed by atoms with Crippen LogP contribution < -0.4 is 5.32 Å². The van der Waals surface area contributed by atoms with Crippen molar-refractivity contribution >= 4 is 29.0 Å². The third kappa shape index (κ3) is 6.64. The van der Waals surface area contributed by atoms with Crippen LogP contribution >= 0.6 is 0 Å². The number of nitro groups is 2. The second-order valence-corrected chi connectivity index (χ2v) is 10.4. The van der Waals surface area contributed by atoms with E-state index in [1.807, 2.05) is 52.0 Å². The average molecular weight is 561 g/mol. The second kappa shape index (κ2) is 11.4. The molecule has 41 heavy (non-hydrogen) atoms. The van der Waals surface area contributed by atoms with E-state index in [2.05, 4.69) is 5.32 Å². The maximum atomic E-state index is 13.5. The standard InChI is InChI=1S/C28H28N6O7/c1-18-8-5-6-10-23(18)32-25(15-24(30-32)28(2,3)4)29-26(35)17-31(16-22-9-7-11-41-22)27(36)19-12-20(33(37)38)14-21(13-19)34(39)40/h5-15H,16-17H2,1-4H3,(H,29,35). The van der Waals surface area contributed by atoms with E-state index in [9.17, 15) is 29.8 Å². The van der Waals surface area contributed by atoms with Crippen molar-refractivity contribution in [2.24, 2.45) is 0 Å². The van der Waals surface area contributed by atoms with Crippen molar-refractivity contribution < 1.29 is 23.9 Å². The third-order valence-electron chi connectivity index (χ3n) is 6.21. The van der Waals surface area contributed by atoms with Gasteiger partial charge >= 0.3 is 0 Å². The molecule has 4 rings (SSSR count). The molecule has 0 spiro atoms. The normalized spacial score (nSPS) is 11.2. The molecule has 212 valence electrons. The van der Waals surface area contributed by atoms with Gasteiger partial charge in [-0.3, -0.25) is 29.8 Å². The fraction of sp³-hybridized carbons (Fsp3) is 0.250. The Bertz CT molecular complexity index is 1590. The van der Waals surface area contributed by atoms with Gasteiger partial charge in [0.25, 0.3) is 17.3 Å². The van der Waals surface area contributed by atoms with Crippen molar-refractivity contribution in [3.8, 4) is 5.69 Å². The Morgan fingerprint density at radius 1 is 1.00 bits per heavy atom. The molecular weight excluding hydrogens is 532 g/mol. The van der Waals surface area contributed by atoms with Crippen LogP contribution in [0.5, 0.6) is 0 Å². The number of amides is 2. The van der Waals surface area contributed by atoms with Crippen molar-refractivity contribution in [3.05, 3.63) is 110 Å². The van der Waals surface area contributed by atoms with Crippen LogP contribution in [0.15, 0.2) is 71.3 Å². The number of rotatable bonds is 9. The number of nitro benzene ring substituents is 2. The number of anilines is 1. The maximum Gasteiger partial charge on any atom is 0.277 e. The molecule has 0 saturated heterocycles. The van der Waals surface area contributed by atoms with Gasteiger partial charge < -0.3 is 14.6 Å². The molecule has 2 aromatic heterocycles. The Morgan fingerprint density at radius 2 is 1.66 bits per heavy atom. The first-order chi connectivity index (χ1) is 19.3. The molecule has 1 N–H and O–H groups in total. The summed E-state index contributed by atoms with van der Waals surface area (Å²) < 4.78 is 6.97. The molecule has 0 radical (unpaired) electrons. The molecule has 0 aliphatic carbocycles. The first kappa shape index (κ1) is 28.7. The largest absolute Gasteiger partial charge is 0.467 e. The lowest BCUT2D eigenvalue weighted by atomic mass is 9.92. The van der Waals surface area contributed by atoms with Crippen molar-refractivity contribution in [2.75, 3.05) is 11.9 Å². The second-order valence-electron chi connectivity index (χ2n) is 10.4. The monoisotopic (exact) mass is 560 g/mol. The SMILES string of the molecule is Cc1ccccc1-n1nc(C(C)(C)C)cc1NC(=O)CN(Cc1ccco1)C(=O)c1cc([N+](=O)[O-])cc([N+](=O)[O-])c1. The number of para-hydroxylation sites is 1. The summed E-state index contributed by atoms with van der Waals surface area (Å²) in [5.41, 5.74) is 0.516. The molecule has 0 saturated carbocycles. The lowest BCUT2D eigenvalue weighted by Crippen LogP contribution is -2.37. The number of furan rings is 1. The van der Waals surface area contributed by atoms with E-state index in [1.54, 1.807) is 22.9 Å². The van der Waals surface area contributed by atoms with Crippen LogP contribution in [0.2, 0.25) is 0 Å². The van der Waals surface area contributed by atoms with Crippen molar-refractivity contribution in [1.82, 2.24) is 14.7 Å². The molecule has 0 fully saturated rings. The van der Waals surface area contributed by atoms with E-state index in [4.69, 9.17) is 9.52 Å². The van der Waals surface area contributed by atoms with E-state index in [0.717, 1.165) is 40.0 Å². The molecule has 0 bridgehead atoms. The number of hydrogen-bond acceptors (Lipinski definition) is 8. The van der Waals surface area contributed by atoms with E-state index < -0.39 is 39.6 Å². The van der Waals surface area contributed by atoms with E-state index in [0.29, 0.717) is 11.6 Å². The first-order valence-electron chi connectivity index (χ1n) is 12.6. The number of aryl methyl sites for hydroxylation is 1. The average Bonchev–Trinajstić information content (AvgIpc) is 3.58. The molecule has 2 amide bonds. The Balaban J connectivity index is 1.68. The quantitative estimate of drug-likeness (QED) is 0.216. The van der Waals surface area contributed by atoms with Crippen LogP contribution in [-0.2, 0) is 16.8 Å². The van der Waals surface area contributed by atoms with Crippen LogP contribution in [0.4, 0.5) is 17.2 Å². The number of non-ortho nitro benzene ring substituents is 2. The van der Waals surface area contributed by atoms with E-state index in [-0.39, 0.29) is 17.5 Å². The summed E-state index contributed by atoms with van der Waals surface area (Å²) in [4.78, 5) is 49.1. The molecule has 0 unspecified atom stereocenters. The molecule has 13 nitrogen and oxygen atoms in total. The number of benzene rings is 2. The molecule has 4 aromatic rings. The van der Waals surface area contributed by atoms with Gasteiger partial charge in [0, 0.05) is 23.6 Å². The van der Waals surface area contributed by atoms with Crippen LogP contribution in [0.25, 0.3) is 5.69 Å². The van der Waals surface area contributed by atoms with Crippen molar-refractivity contribution in [2.45, 2.75) is 39.7 Å². The summed E-state index contributed by atoms with van der Waals surface area (Å²) in [5.74, 6) is -0.692. The fourth-order valence-electron chi connectivity index (χ4n) is 4.08. The number of carbonyl (C=O) groups is 2. The minimum atomic E-state index is -0.828. The van der Waals surface area contributed by atoms with E-state index in [1.165, 1.54) is 6.26 Å². The zero-order valence-electron chi connectivity index (χ0n) is 22.9. The molecule has 0 aliphatic rings. The number of nitrogens with zero attached hydrogens (tertiary/aromatic N) is 5. The number of aromatic nitrogens is 2. The summed E-state index contributed by atoms with van der Waals surface area (Å²) in [6.45, 7) is 7.24. The molecule has 2 aromatic carbocycles. The van der Waals surface area contributed by atoms with Crippen molar-refractivity contribution in [1.29, 1.82) is 0 Å². The van der Waals surface area contributed by atoms with Gasteiger partial charge in [-0.05, 0) is 30.7 Å². The fourth-order valence-corrected chi connectivity index (χ4v) is 4.08. The first-order valence-corrected chi connectivity index (χ1v) is 12.6. The summed E-state index contributed by atoms with van der Waals surface area (Å²) in [5, 5.41) is 30.3. The maximum absolute atomic E-state index is 13.5. The number of carbonyl (C=O) groups excluding carboxylic acids is 2. The minimum absolute atomic E-state index is 0.167. The van der Waals surface area contributed by atoms with Crippen LogP contribution in [0.3, 0.4) is 0 Å². The molecular formula is C28H28N6O7. The van der Waals surface area contributed by atoms with Crippen LogP contribution in [-0.4, -0.2) is 42.9 Å². The smallest absolute Gasteiger partial charge is 0.277 e.